The van der Waals surface area contributed by atoms with Crippen molar-refractivity contribution in [2.24, 2.45) is 0 Å². The van der Waals surface area contributed by atoms with Crippen LogP contribution in [0, 0.1) is 11.3 Å². The van der Waals surface area contributed by atoms with Gasteiger partial charge in [0.25, 0.3) is 0 Å². The van der Waals surface area contributed by atoms with Crippen molar-refractivity contribution in [3.8, 4) is 6.07 Å². The molecule has 0 radical (unpaired) electrons. The Morgan fingerprint density at radius 2 is 1.87 bits per heavy atom. The Hall–Kier alpha value is -2.35. The number of rotatable bonds is 5. The molecule has 0 spiro atoms. The summed E-state index contributed by atoms with van der Waals surface area (Å²) in [4.78, 5) is 25.8. The van der Waals surface area contributed by atoms with Crippen molar-refractivity contribution in [1.82, 2.24) is 4.90 Å². The van der Waals surface area contributed by atoms with Crippen LogP contribution in [0.25, 0.3) is 0 Å². The van der Waals surface area contributed by atoms with E-state index in [-0.39, 0.29) is 24.3 Å². The van der Waals surface area contributed by atoms with Gasteiger partial charge in [0.2, 0.25) is 11.8 Å². The van der Waals surface area contributed by atoms with Crippen LogP contribution in [0.5, 0.6) is 0 Å². The molecule has 23 heavy (non-hydrogen) atoms. The molecule has 0 unspecified atom stereocenters. The number of anilines is 1. The summed E-state index contributed by atoms with van der Waals surface area (Å²) in [6.07, 6.45) is 5.92. The number of hydrogen-bond donors (Lipinski definition) is 1. The molecule has 2 amide bonds. The lowest BCUT2D eigenvalue weighted by Crippen LogP contribution is -2.41. The van der Waals surface area contributed by atoms with Gasteiger partial charge >= 0.3 is 0 Å². The van der Waals surface area contributed by atoms with Gasteiger partial charge in [-0.3, -0.25) is 9.59 Å². The Morgan fingerprint density at radius 1 is 1.22 bits per heavy atom. The summed E-state index contributed by atoms with van der Waals surface area (Å²) in [6, 6.07) is 9.07. The fraction of sp³-hybridized carbons (Fsp3) is 0.500. The van der Waals surface area contributed by atoms with Gasteiger partial charge in [0.1, 0.15) is 0 Å². The van der Waals surface area contributed by atoms with Crippen molar-refractivity contribution in [2.45, 2.75) is 51.5 Å². The third-order valence-corrected chi connectivity index (χ3v) is 4.30. The topological polar surface area (TPSA) is 73.2 Å². The van der Waals surface area contributed by atoms with Crippen molar-refractivity contribution in [3.05, 3.63) is 29.8 Å². The molecule has 0 atom stereocenters. The molecule has 0 aliphatic heterocycles. The van der Waals surface area contributed by atoms with Gasteiger partial charge in [-0.15, -0.1) is 0 Å². The minimum atomic E-state index is -0.114. The monoisotopic (exact) mass is 313 g/mol. The predicted octanol–water partition coefficient (Wildman–Crippen LogP) is 3.07. The van der Waals surface area contributed by atoms with Gasteiger partial charge in [0.05, 0.1) is 11.6 Å². The molecule has 0 heterocycles. The maximum absolute atomic E-state index is 12.1. The number of nitrogens with one attached hydrogen (secondary N) is 1. The summed E-state index contributed by atoms with van der Waals surface area (Å²) in [5.41, 5.74) is 1.23. The molecule has 122 valence electrons. The maximum Gasteiger partial charge on any atom is 0.226 e. The molecular formula is C18H23N3O2. The minimum Gasteiger partial charge on any atom is -0.339 e. The van der Waals surface area contributed by atoms with Crippen molar-refractivity contribution in [1.29, 1.82) is 5.26 Å². The van der Waals surface area contributed by atoms with Crippen LogP contribution in [0.1, 0.15) is 51.0 Å². The highest BCUT2D eigenvalue weighted by atomic mass is 16.2. The van der Waals surface area contributed by atoms with Crippen LogP contribution in [-0.4, -0.2) is 29.3 Å². The Bertz CT molecular complexity index is 583. The van der Waals surface area contributed by atoms with Gasteiger partial charge in [-0.25, -0.2) is 0 Å². The third kappa shape index (κ3) is 5.10. The molecule has 1 aliphatic carbocycles. The molecule has 1 saturated carbocycles. The standard InChI is InChI=1S/C18H23N3O2/c1-14(22)21(17-5-3-2-4-6-17)12-11-18(23)20-16-9-7-15(13-19)8-10-16/h7-10,17H,2-6,11-12H2,1H3,(H,20,23). The molecule has 2 rings (SSSR count). The first-order valence-electron chi connectivity index (χ1n) is 8.17. The van der Waals surface area contributed by atoms with Crippen molar-refractivity contribution in [2.75, 3.05) is 11.9 Å². The molecule has 1 N–H and O–H groups in total. The van der Waals surface area contributed by atoms with Gasteiger partial charge in [0, 0.05) is 31.6 Å². The summed E-state index contributed by atoms with van der Waals surface area (Å²) in [7, 11) is 0. The van der Waals surface area contributed by atoms with Gasteiger partial charge in [-0.05, 0) is 37.1 Å². The Morgan fingerprint density at radius 3 is 2.43 bits per heavy atom. The van der Waals surface area contributed by atoms with E-state index in [1.165, 1.54) is 6.42 Å². The van der Waals surface area contributed by atoms with E-state index in [1.54, 1.807) is 31.2 Å². The smallest absolute Gasteiger partial charge is 0.226 e. The van der Waals surface area contributed by atoms with Crippen LogP contribution in [0.2, 0.25) is 0 Å². The number of benzene rings is 1. The second kappa shape index (κ2) is 8.33. The molecule has 1 fully saturated rings. The maximum atomic E-state index is 12.1. The lowest BCUT2D eigenvalue weighted by atomic mass is 9.94. The first-order chi connectivity index (χ1) is 11.1. The highest BCUT2D eigenvalue weighted by Crippen LogP contribution is 2.23. The van der Waals surface area contributed by atoms with E-state index >= 15 is 0 Å². The SMILES string of the molecule is CC(=O)N(CCC(=O)Nc1ccc(C#N)cc1)C1CCCCC1. The van der Waals surface area contributed by atoms with E-state index in [0.717, 1.165) is 25.7 Å². The minimum absolute atomic E-state index is 0.0445. The Labute approximate surface area is 137 Å². The second-order valence-electron chi connectivity index (χ2n) is 5.99. The van der Waals surface area contributed by atoms with Crippen LogP contribution >= 0.6 is 0 Å². The molecular weight excluding hydrogens is 290 g/mol. The van der Waals surface area contributed by atoms with Gasteiger partial charge in [-0.1, -0.05) is 19.3 Å². The average Bonchev–Trinajstić information content (AvgIpc) is 2.56. The fourth-order valence-electron chi connectivity index (χ4n) is 3.06. The Kier molecular flexibility index (Phi) is 6.16. The van der Waals surface area contributed by atoms with E-state index in [1.807, 2.05) is 11.0 Å². The molecule has 1 aliphatic rings. The summed E-state index contributed by atoms with van der Waals surface area (Å²) in [6.45, 7) is 2.04. The molecule has 0 aromatic heterocycles. The van der Waals surface area contributed by atoms with E-state index in [9.17, 15) is 9.59 Å². The fourth-order valence-corrected chi connectivity index (χ4v) is 3.06. The quantitative estimate of drug-likeness (QED) is 0.908. The van der Waals surface area contributed by atoms with E-state index < -0.39 is 0 Å². The number of nitrogens with zero attached hydrogens (tertiary/aromatic N) is 2. The van der Waals surface area contributed by atoms with E-state index in [2.05, 4.69) is 5.32 Å². The highest BCUT2D eigenvalue weighted by molar-refractivity contribution is 5.91. The largest absolute Gasteiger partial charge is 0.339 e. The molecule has 0 bridgehead atoms. The van der Waals surface area contributed by atoms with Crippen LogP contribution in [0.3, 0.4) is 0 Å². The zero-order valence-electron chi connectivity index (χ0n) is 13.5. The van der Waals surface area contributed by atoms with Crippen LogP contribution in [-0.2, 0) is 9.59 Å². The molecule has 5 nitrogen and oxygen atoms in total. The average molecular weight is 313 g/mol. The Balaban J connectivity index is 1.85. The summed E-state index contributed by atoms with van der Waals surface area (Å²) >= 11 is 0. The lowest BCUT2D eigenvalue weighted by Gasteiger charge is -2.33. The first kappa shape index (κ1) is 17.0. The zero-order chi connectivity index (χ0) is 16.7. The van der Waals surface area contributed by atoms with Crippen LogP contribution < -0.4 is 5.32 Å². The number of nitriles is 1. The van der Waals surface area contributed by atoms with Gasteiger partial charge in [0.15, 0.2) is 0 Å². The molecule has 1 aromatic rings. The van der Waals surface area contributed by atoms with Crippen molar-refractivity contribution in [3.63, 3.8) is 0 Å². The van der Waals surface area contributed by atoms with Crippen LogP contribution in [0.15, 0.2) is 24.3 Å². The number of carbonyl (C=O) groups is 2. The van der Waals surface area contributed by atoms with Crippen molar-refractivity contribution >= 4 is 17.5 Å². The highest BCUT2D eigenvalue weighted by Gasteiger charge is 2.23. The number of hydrogen-bond acceptors (Lipinski definition) is 3. The molecule has 0 saturated heterocycles. The normalized spacial score (nSPS) is 14.8. The van der Waals surface area contributed by atoms with Gasteiger partial charge in [-0.2, -0.15) is 5.26 Å². The summed E-state index contributed by atoms with van der Waals surface area (Å²) < 4.78 is 0. The van der Waals surface area contributed by atoms with Crippen LogP contribution in [0.4, 0.5) is 5.69 Å². The first-order valence-corrected chi connectivity index (χ1v) is 8.17. The summed E-state index contributed by atoms with van der Waals surface area (Å²) in [5.74, 6) is -0.0696. The lowest BCUT2D eigenvalue weighted by molar-refractivity contribution is -0.132. The number of carbonyl (C=O) groups excluding carboxylic acids is 2. The predicted molar refractivity (Wildman–Crippen MR) is 88.7 cm³/mol. The molecule has 5 heteroatoms. The second-order valence-corrected chi connectivity index (χ2v) is 5.99. The number of amides is 2. The van der Waals surface area contributed by atoms with Crippen molar-refractivity contribution < 1.29 is 9.59 Å². The zero-order valence-corrected chi connectivity index (χ0v) is 13.5. The van der Waals surface area contributed by atoms with E-state index in [4.69, 9.17) is 5.26 Å². The molecule has 1 aromatic carbocycles. The van der Waals surface area contributed by atoms with E-state index in [0.29, 0.717) is 17.8 Å². The summed E-state index contributed by atoms with van der Waals surface area (Å²) in [5, 5.41) is 11.6. The third-order valence-electron chi connectivity index (χ3n) is 4.30. The van der Waals surface area contributed by atoms with Gasteiger partial charge < -0.3 is 10.2 Å².